The predicted molar refractivity (Wildman–Crippen MR) is 133 cm³/mol. The minimum atomic E-state index is -0.239. The van der Waals surface area contributed by atoms with Crippen molar-refractivity contribution in [3.8, 4) is 22.8 Å². The Morgan fingerprint density at radius 3 is 2.27 bits per heavy atom. The third kappa shape index (κ3) is 3.89. The van der Waals surface area contributed by atoms with Crippen LogP contribution in [0.3, 0.4) is 0 Å². The van der Waals surface area contributed by atoms with Crippen molar-refractivity contribution in [2.45, 2.75) is 38.9 Å². The highest BCUT2D eigenvalue weighted by Crippen LogP contribution is 2.40. The Kier molecular flexibility index (Phi) is 5.11. The Bertz CT molecular complexity index is 1220. The largest absolute Gasteiger partial charge is 0.450 e. The number of fused-ring (bicyclic) bond motifs is 2. The predicted octanol–water partition coefficient (Wildman–Crippen LogP) is 6.43. The monoisotopic (exact) mass is 438 g/mol. The molecule has 2 aliphatic rings. The number of aromatic nitrogens is 1. The summed E-state index contributed by atoms with van der Waals surface area (Å²) in [7, 11) is 0. The summed E-state index contributed by atoms with van der Waals surface area (Å²) < 4.78 is 12.4. The number of aromatic amines is 1. The van der Waals surface area contributed by atoms with Crippen molar-refractivity contribution in [3.05, 3.63) is 83.4 Å². The first-order valence-electron chi connectivity index (χ1n) is 12.0. The van der Waals surface area contributed by atoms with Crippen LogP contribution in [0, 0.1) is 13.8 Å². The molecule has 168 valence electrons. The van der Waals surface area contributed by atoms with Crippen LogP contribution in [0.25, 0.3) is 22.2 Å². The topological polar surface area (TPSA) is 37.5 Å². The van der Waals surface area contributed by atoms with E-state index in [-0.39, 0.29) is 6.29 Å². The molecule has 0 bridgehead atoms. The highest BCUT2D eigenvalue weighted by Gasteiger charge is 2.30. The number of hydrogen-bond donors (Lipinski definition) is 1. The molecule has 1 unspecified atom stereocenters. The van der Waals surface area contributed by atoms with E-state index < -0.39 is 0 Å². The number of rotatable bonds is 4. The molecule has 4 heteroatoms. The van der Waals surface area contributed by atoms with Crippen LogP contribution in [-0.4, -0.2) is 35.8 Å². The van der Waals surface area contributed by atoms with Crippen LogP contribution in [0.1, 0.15) is 35.4 Å². The zero-order valence-corrected chi connectivity index (χ0v) is 19.3. The Labute approximate surface area is 195 Å². The standard InChI is InChI=1S/C29H30N2O2/c1-19-7-6-8-20(2)29(19)22-11-13-31(14-12-22)18-28-32-26-16-23-15-24(21-9-4-3-5-10-21)30-25(23)17-27(26)33-28/h3-10,15-17,22,28,30H,11-14,18H2,1-2H3. The summed E-state index contributed by atoms with van der Waals surface area (Å²) in [4.78, 5) is 6.01. The van der Waals surface area contributed by atoms with Gasteiger partial charge in [0.05, 0.1) is 6.54 Å². The maximum Gasteiger partial charge on any atom is 0.254 e. The van der Waals surface area contributed by atoms with Crippen molar-refractivity contribution in [1.29, 1.82) is 0 Å². The van der Waals surface area contributed by atoms with Crippen LogP contribution in [-0.2, 0) is 0 Å². The van der Waals surface area contributed by atoms with E-state index in [1.54, 1.807) is 5.56 Å². The molecule has 1 saturated heterocycles. The van der Waals surface area contributed by atoms with Crippen molar-refractivity contribution in [1.82, 2.24) is 9.88 Å². The van der Waals surface area contributed by atoms with Crippen molar-refractivity contribution >= 4 is 10.9 Å². The lowest BCUT2D eigenvalue weighted by atomic mass is 9.84. The van der Waals surface area contributed by atoms with Crippen molar-refractivity contribution in [2.75, 3.05) is 19.6 Å². The van der Waals surface area contributed by atoms with Crippen molar-refractivity contribution in [2.24, 2.45) is 0 Å². The lowest BCUT2D eigenvalue weighted by Crippen LogP contribution is -2.41. The molecule has 6 rings (SSSR count). The third-order valence-corrected chi connectivity index (χ3v) is 7.23. The van der Waals surface area contributed by atoms with Crippen LogP contribution in [0.15, 0.2) is 66.7 Å². The van der Waals surface area contributed by atoms with Gasteiger partial charge in [-0.15, -0.1) is 0 Å². The smallest absolute Gasteiger partial charge is 0.254 e. The van der Waals surface area contributed by atoms with E-state index in [0.29, 0.717) is 5.92 Å². The lowest BCUT2D eigenvalue weighted by molar-refractivity contribution is 0.00891. The molecule has 4 nitrogen and oxygen atoms in total. The van der Waals surface area contributed by atoms with Gasteiger partial charge >= 0.3 is 0 Å². The molecule has 0 saturated carbocycles. The molecule has 0 radical (unpaired) electrons. The normalized spacial score (nSPS) is 18.8. The van der Waals surface area contributed by atoms with Crippen molar-refractivity contribution in [3.63, 3.8) is 0 Å². The fourth-order valence-electron chi connectivity index (χ4n) is 5.57. The maximum absolute atomic E-state index is 6.20. The minimum absolute atomic E-state index is 0.239. The van der Waals surface area contributed by atoms with Gasteiger partial charge in [-0.3, -0.25) is 4.90 Å². The fraction of sp³-hybridized carbons (Fsp3) is 0.310. The van der Waals surface area contributed by atoms with Gasteiger partial charge in [-0.05, 0) is 80.1 Å². The zero-order valence-electron chi connectivity index (χ0n) is 19.3. The Balaban J connectivity index is 1.10. The summed E-state index contributed by atoms with van der Waals surface area (Å²) >= 11 is 0. The first-order chi connectivity index (χ1) is 16.1. The molecular formula is C29H30N2O2. The average molecular weight is 439 g/mol. The van der Waals surface area contributed by atoms with Crippen LogP contribution >= 0.6 is 0 Å². The molecule has 1 aromatic heterocycles. The third-order valence-electron chi connectivity index (χ3n) is 7.23. The number of benzene rings is 3. The van der Waals surface area contributed by atoms with Gasteiger partial charge in [-0.2, -0.15) is 0 Å². The summed E-state index contributed by atoms with van der Waals surface area (Å²) in [6.45, 7) is 7.46. The molecule has 1 N–H and O–H groups in total. The van der Waals surface area contributed by atoms with Gasteiger partial charge in [-0.1, -0.05) is 48.5 Å². The number of hydrogen-bond acceptors (Lipinski definition) is 3. The van der Waals surface area contributed by atoms with E-state index in [2.05, 4.69) is 84.4 Å². The van der Waals surface area contributed by atoms with Gasteiger partial charge in [-0.25, -0.2) is 0 Å². The lowest BCUT2D eigenvalue weighted by Gasteiger charge is -2.34. The molecule has 3 heterocycles. The van der Waals surface area contributed by atoms with E-state index in [4.69, 9.17) is 9.47 Å². The summed E-state index contributed by atoms with van der Waals surface area (Å²) in [6.07, 6.45) is 2.14. The quantitative estimate of drug-likeness (QED) is 0.399. The van der Waals surface area contributed by atoms with Gasteiger partial charge in [0.1, 0.15) is 0 Å². The Morgan fingerprint density at radius 2 is 1.55 bits per heavy atom. The number of nitrogens with one attached hydrogen (secondary N) is 1. The molecular weight excluding hydrogens is 408 g/mol. The van der Waals surface area contributed by atoms with Crippen LogP contribution in [0.2, 0.25) is 0 Å². The summed E-state index contributed by atoms with van der Waals surface area (Å²) in [5, 5.41) is 1.14. The van der Waals surface area contributed by atoms with Crippen LogP contribution < -0.4 is 9.47 Å². The van der Waals surface area contributed by atoms with E-state index in [0.717, 1.165) is 47.7 Å². The van der Waals surface area contributed by atoms with Crippen LogP contribution in [0.4, 0.5) is 0 Å². The molecule has 4 aromatic rings. The minimum Gasteiger partial charge on any atom is -0.450 e. The van der Waals surface area contributed by atoms with E-state index in [9.17, 15) is 0 Å². The summed E-state index contributed by atoms with van der Waals surface area (Å²) in [6, 6.07) is 23.4. The number of ether oxygens (including phenoxy) is 2. The molecule has 3 aromatic carbocycles. The van der Waals surface area contributed by atoms with E-state index in [1.807, 2.05) is 6.07 Å². The number of H-pyrrole nitrogens is 1. The Morgan fingerprint density at radius 1 is 0.848 bits per heavy atom. The van der Waals surface area contributed by atoms with Gasteiger partial charge in [0.15, 0.2) is 11.5 Å². The van der Waals surface area contributed by atoms with Crippen molar-refractivity contribution < 1.29 is 9.47 Å². The average Bonchev–Trinajstić information content (AvgIpc) is 3.41. The molecule has 33 heavy (non-hydrogen) atoms. The molecule has 2 aliphatic heterocycles. The van der Waals surface area contributed by atoms with Gasteiger partial charge < -0.3 is 14.5 Å². The second-order valence-electron chi connectivity index (χ2n) is 9.48. The first kappa shape index (κ1) is 20.4. The second kappa shape index (κ2) is 8.27. The van der Waals surface area contributed by atoms with Gasteiger partial charge in [0, 0.05) is 22.7 Å². The second-order valence-corrected chi connectivity index (χ2v) is 9.48. The number of likely N-dealkylation sites (tertiary alicyclic amines) is 1. The number of piperidine rings is 1. The number of nitrogens with zero attached hydrogens (tertiary/aromatic N) is 1. The molecule has 1 atom stereocenters. The first-order valence-corrected chi connectivity index (χ1v) is 12.0. The molecule has 0 amide bonds. The SMILES string of the molecule is Cc1cccc(C)c1C1CCN(CC2Oc3cc4cc(-c5ccccc5)[nH]c4cc3O2)CC1. The van der Waals surface area contributed by atoms with E-state index in [1.165, 1.54) is 29.5 Å². The van der Waals surface area contributed by atoms with Gasteiger partial charge in [0.25, 0.3) is 6.29 Å². The summed E-state index contributed by atoms with van der Waals surface area (Å²) in [5.41, 5.74) is 7.78. The zero-order chi connectivity index (χ0) is 22.4. The number of aryl methyl sites for hydroxylation is 2. The fourth-order valence-corrected chi connectivity index (χ4v) is 5.57. The molecule has 1 fully saturated rings. The van der Waals surface area contributed by atoms with E-state index >= 15 is 0 Å². The highest BCUT2D eigenvalue weighted by atomic mass is 16.7. The molecule has 0 aliphatic carbocycles. The van der Waals surface area contributed by atoms with Gasteiger partial charge in [0.2, 0.25) is 0 Å². The molecule has 0 spiro atoms. The highest BCUT2D eigenvalue weighted by molar-refractivity contribution is 5.88. The maximum atomic E-state index is 6.20. The van der Waals surface area contributed by atoms with Crippen LogP contribution in [0.5, 0.6) is 11.5 Å². The Hall–Kier alpha value is -3.24. The summed E-state index contributed by atoms with van der Waals surface area (Å²) in [5.74, 6) is 2.33.